The molecule has 0 saturated carbocycles. The standard InChI is InChI=1S/C18H29N3/c1-14(2)21(15(3)4)11-10-19-12-16-13-20(5)18-9-7-6-8-17(16)18/h6-9,13-15,19H,10-12H2,1-5H3. The van der Waals surface area contributed by atoms with Crippen LogP contribution in [-0.2, 0) is 13.6 Å². The summed E-state index contributed by atoms with van der Waals surface area (Å²) in [7, 11) is 2.12. The quantitative estimate of drug-likeness (QED) is 0.788. The fourth-order valence-corrected chi connectivity index (χ4v) is 3.11. The molecule has 3 heteroatoms. The highest BCUT2D eigenvalue weighted by Crippen LogP contribution is 2.19. The summed E-state index contributed by atoms with van der Waals surface area (Å²) >= 11 is 0. The van der Waals surface area contributed by atoms with Crippen molar-refractivity contribution in [2.75, 3.05) is 13.1 Å². The van der Waals surface area contributed by atoms with Crippen LogP contribution in [0.5, 0.6) is 0 Å². The van der Waals surface area contributed by atoms with Gasteiger partial charge in [-0.15, -0.1) is 0 Å². The minimum Gasteiger partial charge on any atom is -0.350 e. The van der Waals surface area contributed by atoms with E-state index >= 15 is 0 Å². The van der Waals surface area contributed by atoms with E-state index in [1.165, 1.54) is 16.5 Å². The summed E-state index contributed by atoms with van der Waals surface area (Å²) in [5.74, 6) is 0. The Kier molecular flexibility index (Phi) is 5.43. The molecule has 0 aliphatic heterocycles. The number of hydrogen-bond donors (Lipinski definition) is 1. The fourth-order valence-electron chi connectivity index (χ4n) is 3.11. The first kappa shape index (κ1) is 16.1. The smallest absolute Gasteiger partial charge is 0.0481 e. The Morgan fingerprint density at radius 2 is 1.76 bits per heavy atom. The van der Waals surface area contributed by atoms with Gasteiger partial charge >= 0.3 is 0 Å². The van der Waals surface area contributed by atoms with Crippen molar-refractivity contribution in [3.05, 3.63) is 36.0 Å². The van der Waals surface area contributed by atoms with Gasteiger partial charge in [-0.1, -0.05) is 18.2 Å². The number of nitrogens with one attached hydrogen (secondary N) is 1. The predicted octanol–water partition coefficient (Wildman–Crippen LogP) is 3.39. The van der Waals surface area contributed by atoms with E-state index in [1.807, 2.05) is 0 Å². The number of fused-ring (bicyclic) bond motifs is 1. The SMILES string of the molecule is CC(C)N(CCNCc1cn(C)c2ccccc12)C(C)C. The van der Waals surface area contributed by atoms with Crippen molar-refractivity contribution in [1.82, 2.24) is 14.8 Å². The van der Waals surface area contributed by atoms with Crippen LogP contribution in [0.3, 0.4) is 0 Å². The van der Waals surface area contributed by atoms with Gasteiger partial charge in [0.2, 0.25) is 0 Å². The van der Waals surface area contributed by atoms with Gasteiger partial charge in [0.05, 0.1) is 0 Å². The number of rotatable bonds is 7. The zero-order valence-corrected chi connectivity index (χ0v) is 14.1. The highest BCUT2D eigenvalue weighted by atomic mass is 15.2. The van der Waals surface area contributed by atoms with Crippen LogP contribution in [0.2, 0.25) is 0 Å². The molecular formula is C18H29N3. The lowest BCUT2D eigenvalue weighted by Crippen LogP contribution is -2.41. The average Bonchev–Trinajstić information content (AvgIpc) is 2.75. The minimum absolute atomic E-state index is 0.601. The largest absolute Gasteiger partial charge is 0.350 e. The fraction of sp³-hybridized carbons (Fsp3) is 0.556. The van der Waals surface area contributed by atoms with Gasteiger partial charge in [-0.3, -0.25) is 4.90 Å². The van der Waals surface area contributed by atoms with E-state index in [-0.39, 0.29) is 0 Å². The topological polar surface area (TPSA) is 20.2 Å². The van der Waals surface area contributed by atoms with Crippen LogP contribution in [0, 0.1) is 0 Å². The molecule has 3 nitrogen and oxygen atoms in total. The maximum atomic E-state index is 3.59. The molecule has 1 aromatic carbocycles. The third-order valence-electron chi connectivity index (χ3n) is 4.17. The molecular weight excluding hydrogens is 258 g/mol. The lowest BCUT2D eigenvalue weighted by Gasteiger charge is -2.30. The van der Waals surface area contributed by atoms with Gasteiger partial charge in [0, 0.05) is 55.9 Å². The molecule has 0 aliphatic rings. The maximum absolute atomic E-state index is 3.59. The molecule has 0 bridgehead atoms. The average molecular weight is 287 g/mol. The zero-order valence-electron chi connectivity index (χ0n) is 14.1. The first-order valence-electron chi connectivity index (χ1n) is 8.00. The van der Waals surface area contributed by atoms with E-state index in [2.05, 4.69) is 80.0 Å². The summed E-state index contributed by atoms with van der Waals surface area (Å²) in [6.07, 6.45) is 2.24. The molecule has 2 aromatic rings. The Bertz CT molecular complexity index is 561. The Labute approximate surface area is 128 Å². The Morgan fingerprint density at radius 1 is 1.10 bits per heavy atom. The molecule has 0 aliphatic carbocycles. The van der Waals surface area contributed by atoms with Crippen molar-refractivity contribution < 1.29 is 0 Å². The molecule has 1 heterocycles. The van der Waals surface area contributed by atoms with E-state index in [9.17, 15) is 0 Å². The van der Waals surface area contributed by atoms with Gasteiger partial charge in [-0.05, 0) is 39.3 Å². The predicted molar refractivity (Wildman–Crippen MR) is 91.6 cm³/mol. The highest BCUT2D eigenvalue weighted by Gasteiger charge is 2.12. The Morgan fingerprint density at radius 3 is 2.43 bits per heavy atom. The van der Waals surface area contributed by atoms with Gasteiger partial charge in [-0.2, -0.15) is 0 Å². The molecule has 0 spiro atoms. The van der Waals surface area contributed by atoms with E-state index < -0.39 is 0 Å². The third kappa shape index (κ3) is 3.86. The monoisotopic (exact) mass is 287 g/mol. The first-order chi connectivity index (χ1) is 10.0. The van der Waals surface area contributed by atoms with Crippen LogP contribution in [0.15, 0.2) is 30.5 Å². The van der Waals surface area contributed by atoms with Crippen molar-refractivity contribution in [2.45, 2.75) is 46.3 Å². The van der Waals surface area contributed by atoms with Gasteiger partial charge in [0.15, 0.2) is 0 Å². The molecule has 116 valence electrons. The molecule has 0 unspecified atom stereocenters. The van der Waals surface area contributed by atoms with Crippen molar-refractivity contribution in [3.8, 4) is 0 Å². The second-order valence-electron chi connectivity index (χ2n) is 6.38. The molecule has 0 fully saturated rings. The van der Waals surface area contributed by atoms with Gasteiger partial charge in [0.1, 0.15) is 0 Å². The molecule has 0 atom stereocenters. The summed E-state index contributed by atoms with van der Waals surface area (Å²) in [6.45, 7) is 12.1. The molecule has 1 aromatic heterocycles. The number of aryl methyl sites for hydroxylation is 1. The number of aromatic nitrogens is 1. The molecule has 0 saturated heterocycles. The van der Waals surface area contributed by atoms with Crippen LogP contribution in [0.1, 0.15) is 33.3 Å². The summed E-state index contributed by atoms with van der Waals surface area (Å²) in [6, 6.07) is 9.81. The Balaban J connectivity index is 1.91. The lowest BCUT2D eigenvalue weighted by atomic mass is 10.2. The highest BCUT2D eigenvalue weighted by molar-refractivity contribution is 5.83. The van der Waals surface area contributed by atoms with Gasteiger partial charge in [-0.25, -0.2) is 0 Å². The van der Waals surface area contributed by atoms with Crippen LogP contribution < -0.4 is 5.32 Å². The van der Waals surface area contributed by atoms with Gasteiger partial charge in [0.25, 0.3) is 0 Å². The van der Waals surface area contributed by atoms with Crippen LogP contribution in [0.4, 0.5) is 0 Å². The molecule has 1 N–H and O–H groups in total. The summed E-state index contributed by atoms with van der Waals surface area (Å²) in [5.41, 5.74) is 2.69. The van der Waals surface area contributed by atoms with E-state index in [0.717, 1.165) is 19.6 Å². The van der Waals surface area contributed by atoms with Crippen LogP contribution in [-0.4, -0.2) is 34.6 Å². The van der Waals surface area contributed by atoms with Crippen molar-refractivity contribution >= 4 is 10.9 Å². The summed E-state index contributed by atoms with van der Waals surface area (Å²) in [5, 5.41) is 4.95. The third-order valence-corrected chi connectivity index (χ3v) is 4.17. The van der Waals surface area contributed by atoms with Crippen LogP contribution in [0.25, 0.3) is 10.9 Å². The van der Waals surface area contributed by atoms with Crippen molar-refractivity contribution in [3.63, 3.8) is 0 Å². The molecule has 0 radical (unpaired) electrons. The lowest BCUT2D eigenvalue weighted by molar-refractivity contribution is 0.176. The molecule has 2 rings (SSSR count). The zero-order chi connectivity index (χ0) is 15.4. The molecule has 21 heavy (non-hydrogen) atoms. The second-order valence-corrected chi connectivity index (χ2v) is 6.38. The van der Waals surface area contributed by atoms with Crippen molar-refractivity contribution in [1.29, 1.82) is 0 Å². The number of hydrogen-bond acceptors (Lipinski definition) is 2. The van der Waals surface area contributed by atoms with E-state index in [4.69, 9.17) is 0 Å². The number of nitrogens with zero attached hydrogens (tertiary/aromatic N) is 2. The van der Waals surface area contributed by atoms with Crippen LogP contribution >= 0.6 is 0 Å². The molecule has 0 amide bonds. The van der Waals surface area contributed by atoms with Crippen molar-refractivity contribution in [2.24, 2.45) is 7.05 Å². The van der Waals surface area contributed by atoms with E-state index in [1.54, 1.807) is 0 Å². The number of para-hydroxylation sites is 1. The maximum Gasteiger partial charge on any atom is 0.0481 e. The first-order valence-corrected chi connectivity index (χ1v) is 8.00. The normalized spacial score (nSPS) is 12.2. The second kappa shape index (κ2) is 7.10. The van der Waals surface area contributed by atoms with E-state index in [0.29, 0.717) is 12.1 Å². The number of benzene rings is 1. The summed E-state index contributed by atoms with van der Waals surface area (Å²) < 4.78 is 2.21. The Hall–Kier alpha value is -1.32. The minimum atomic E-state index is 0.601. The van der Waals surface area contributed by atoms with Gasteiger partial charge < -0.3 is 9.88 Å². The summed E-state index contributed by atoms with van der Waals surface area (Å²) in [4.78, 5) is 2.52.